The fourth-order valence-corrected chi connectivity index (χ4v) is 3.26. The molecule has 0 saturated heterocycles. The Balaban J connectivity index is 2.31. The van der Waals surface area contributed by atoms with Gasteiger partial charge in [0.1, 0.15) is 0 Å². The molecule has 2 unspecified atom stereocenters. The van der Waals surface area contributed by atoms with Gasteiger partial charge in [-0.15, -0.1) is 0 Å². The van der Waals surface area contributed by atoms with Crippen LogP contribution in [0.3, 0.4) is 0 Å². The second kappa shape index (κ2) is 5.92. The molecule has 1 aliphatic heterocycles. The van der Waals surface area contributed by atoms with Gasteiger partial charge >= 0.3 is 0 Å². The number of fused-ring (bicyclic) bond motifs is 1. The van der Waals surface area contributed by atoms with Crippen LogP contribution in [0.2, 0.25) is 5.02 Å². The van der Waals surface area contributed by atoms with Crippen LogP contribution >= 0.6 is 11.6 Å². The summed E-state index contributed by atoms with van der Waals surface area (Å²) in [5.74, 6) is -0.321. The Morgan fingerprint density at radius 3 is 2.78 bits per heavy atom. The summed E-state index contributed by atoms with van der Waals surface area (Å²) in [6, 6.07) is 10.3. The van der Waals surface area contributed by atoms with E-state index in [0.29, 0.717) is 28.5 Å². The SMILES string of the molecule is CCN1C(=O)C(OC)C(O)(c2ccccn2)c2ccc(Cl)cc21. The van der Waals surface area contributed by atoms with Crippen LogP contribution in [0.1, 0.15) is 18.2 Å². The first-order valence-corrected chi connectivity index (χ1v) is 7.70. The smallest absolute Gasteiger partial charge is 0.259 e. The average molecular weight is 333 g/mol. The number of rotatable bonds is 3. The van der Waals surface area contributed by atoms with Crippen LogP contribution in [-0.2, 0) is 15.1 Å². The number of pyridine rings is 1. The molecule has 3 rings (SSSR count). The number of hydrogen-bond acceptors (Lipinski definition) is 4. The van der Waals surface area contributed by atoms with Crippen molar-refractivity contribution in [2.45, 2.75) is 18.6 Å². The number of aliphatic hydroxyl groups is 1. The molecule has 0 aliphatic carbocycles. The van der Waals surface area contributed by atoms with Crippen molar-refractivity contribution < 1.29 is 14.6 Å². The second-order valence-corrected chi connectivity index (χ2v) is 5.78. The van der Waals surface area contributed by atoms with E-state index in [1.165, 1.54) is 7.11 Å². The van der Waals surface area contributed by atoms with E-state index in [-0.39, 0.29) is 5.91 Å². The molecule has 2 heterocycles. The van der Waals surface area contributed by atoms with Gasteiger partial charge in [0.25, 0.3) is 5.91 Å². The van der Waals surface area contributed by atoms with Gasteiger partial charge in [0, 0.05) is 30.4 Å². The van der Waals surface area contributed by atoms with Gasteiger partial charge in [0.2, 0.25) is 0 Å². The highest BCUT2D eigenvalue weighted by Gasteiger charge is 2.53. The van der Waals surface area contributed by atoms with Crippen molar-refractivity contribution in [3.8, 4) is 0 Å². The van der Waals surface area contributed by atoms with E-state index in [9.17, 15) is 9.90 Å². The Morgan fingerprint density at radius 1 is 1.39 bits per heavy atom. The van der Waals surface area contributed by atoms with Gasteiger partial charge in [-0.05, 0) is 31.2 Å². The van der Waals surface area contributed by atoms with Crippen molar-refractivity contribution in [3.05, 3.63) is 58.9 Å². The van der Waals surface area contributed by atoms with Crippen molar-refractivity contribution >= 4 is 23.2 Å². The molecule has 0 spiro atoms. The third-order valence-electron chi connectivity index (χ3n) is 4.14. The van der Waals surface area contributed by atoms with Crippen molar-refractivity contribution in [3.63, 3.8) is 0 Å². The molecule has 1 N–H and O–H groups in total. The number of likely N-dealkylation sites (N-methyl/N-ethyl adjacent to an activating group) is 1. The molecule has 1 aromatic carbocycles. The van der Waals surface area contributed by atoms with Gasteiger partial charge in [-0.1, -0.05) is 23.7 Å². The van der Waals surface area contributed by atoms with E-state index >= 15 is 0 Å². The van der Waals surface area contributed by atoms with Gasteiger partial charge in [-0.2, -0.15) is 0 Å². The van der Waals surface area contributed by atoms with E-state index in [1.807, 2.05) is 6.92 Å². The Labute approximate surface area is 139 Å². The fourth-order valence-electron chi connectivity index (χ4n) is 3.09. The maximum Gasteiger partial charge on any atom is 0.259 e. The quantitative estimate of drug-likeness (QED) is 0.937. The molecule has 1 aromatic heterocycles. The summed E-state index contributed by atoms with van der Waals surface area (Å²) in [5, 5.41) is 11.9. The molecule has 1 aliphatic rings. The summed E-state index contributed by atoms with van der Waals surface area (Å²) in [5.41, 5.74) is -0.182. The summed E-state index contributed by atoms with van der Waals surface area (Å²) in [6.45, 7) is 2.31. The number of aromatic nitrogens is 1. The minimum absolute atomic E-state index is 0.321. The Hall–Kier alpha value is -1.95. The lowest BCUT2D eigenvalue weighted by atomic mass is 9.79. The Bertz CT molecular complexity index is 738. The van der Waals surface area contributed by atoms with Gasteiger partial charge in [0.15, 0.2) is 11.7 Å². The van der Waals surface area contributed by atoms with Gasteiger partial charge < -0.3 is 14.7 Å². The molecule has 6 heteroatoms. The highest BCUT2D eigenvalue weighted by Crippen LogP contribution is 2.44. The summed E-state index contributed by atoms with van der Waals surface area (Å²) in [4.78, 5) is 18.6. The van der Waals surface area contributed by atoms with E-state index in [0.717, 1.165) is 0 Å². The number of carbonyl (C=O) groups excluding carboxylic acids is 1. The number of carbonyl (C=O) groups is 1. The molecular formula is C17H17ClN2O3. The molecule has 0 fully saturated rings. The first-order chi connectivity index (χ1) is 11.0. The number of nitrogens with zero attached hydrogens (tertiary/aromatic N) is 2. The highest BCUT2D eigenvalue weighted by atomic mass is 35.5. The largest absolute Gasteiger partial charge is 0.375 e. The van der Waals surface area contributed by atoms with E-state index in [1.54, 1.807) is 47.5 Å². The summed E-state index contributed by atoms with van der Waals surface area (Å²) in [7, 11) is 1.41. The highest BCUT2D eigenvalue weighted by molar-refractivity contribution is 6.31. The molecule has 0 saturated carbocycles. The first-order valence-electron chi connectivity index (χ1n) is 7.32. The standard InChI is InChI=1S/C17H17ClN2O3/c1-3-20-13-10-11(18)7-8-12(13)17(22,15(23-2)16(20)21)14-6-4-5-9-19-14/h4-10,15,22H,3H2,1-2H3. The number of anilines is 1. The zero-order valence-corrected chi connectivity index (χ0v) is 13.6. The van der Waals surface area contributed by atoms with Crippen LogP contribution in [0.25, 0.3) is 0 Å². The minimum atomic E-state index is -1.67. The lowest BCUT2D eigenvalue weighted by molar-refractivity contribution is -0.145. The molecule has 0 bridgehead atoms. The minimum Gasteiger partial charge on any atom is -0.375 e. The maximum atomic E-state index is 12.8. The zero-order valence-electron chi connectivity index (χ0n) is 12.9. The second-order valence-electron chi connectivity index (χ2n) is 5.34. The lowest BCUT2D eigenvalue weighted by Crippen LogP contribution is -2.57. The normalized spacial score (nSPS) is 23.7. The lowest BCUT2D eigenvalue weighted by Gasteiger charge is -2.43. The third-order valence-corrected chi connectivity index (χ3v) is 4.37. The molecular weight excluding hydrogens is 316 g/mol. The van der Waals surface area contributed by atoms with Gasteiger partial charge in [-0.25, -0.2) is 0 Å². The Morgan fingerprint density at radius 2 is 2.17 bits per heavy atom. The molecule has 120 valence electrons. The predicted octanol–water partition coefficient (Wildman–Crippen LogP) is 2.35. The third kappa shape index (κ3) is 2.32. The monoisotopic (exact) mass is 332 g/mol. The summed E-state index contributed by atoms with van der Waals surface area (Å²) < 4.78 is 5.38. The van der Waals surface area contributed by atoms with Crippen LogP contribution in [0.15, 0.2) is 42.6 Å². The number of methoxy groups -OCH3 is 1. The van der Waals surface area contributed by atoms with Crippen LogP contribution in [0.5, 0.6) is 0 Å². The van der Waals surface area contributed by atoms with E-state index < -0.39 is 11.7 Å². The average Bonchev–Trinajstić information content (AvgIpc) is 2.56. The Kier molecular flexibility index (Phi) is 4.10. The van der Waals surface area contributed by atoms with Crippen molar-refractivity contribution in [2.75, 3.05) is 18.6 Å². The van der Waals surface area contributed by atoms with Crippen LogP contribution in [0.4, 0.5) is 5.69 Å². The topological polar surface area (TPSA) is 62.7 Å². The molecule has 0 radical (unpaired) electrons. The maximum absolute atomic E-state index is 12.8. The van der Waals surface area contributed by atoms with Crippen molar-refractivity contribution in [1.29, 1.82) is 0 Å². The first kappa shape index (κ1) is 15.9. The van der Waals surface area contributed by atoms with Gasteiger partial charge in [-0.3, -0.25) is 9.78 Å². The van der Waals surface area contributed by atoms with Crippen LogP contribution < -0.4 is 4.90 Å². The van der Waals surface area contributed by atoms with Crippen molar-refractivity contribution in [2.24, 2.45) is 0 Å². The fraction of sp³-hybridized carbons (Fsp3) is 0.294. The molecule has 1 amide bonds. The number of amides is 1. The molecule has 2 atom stereocenters. The zero-order chi connectivity index (χ0) is 16.6. The predicted molar refractivity (Wildman–Crippen MR) is 87.5 cm³/mol. The number of benzene rings is 1. The summed E-state index contributed by atoms with van der Waals surface area (Å²) in [6.07, 6.45) is 0.498. The molecule has 5 nitrogen and oxygen atoms in total. The van der Waals surface area contributed by atoms with E-state index in [4.69, 9.17) is 16.3 Å². The van der Waals surface area contributed by atoms with Crippen molar-refractivity contribution in [1.82, 2.24) is 4.98 Å². The molecule has 2 aromatic rings. The number of ether oxygens (including phenoxy) is 1. The molecule has 23 heavy (non-hydrogen) atoms. The van der Waals surface area contributed by atoms with Crippen LogP contribution in [0, 0.1) is 0 Å². The number of hydrogen-bond donors (Lipinski definition) is 1. The van der Waals surface area contributed by atoms with Gasteiger partial charge in [0.05, 0.1) is 11.4 Å². The number of halogens is 1. The summed E-state index contributed by atoms with van der Waals surface area (Å²) >= 11 is 6.09. The van der Waals surface area contributed by atoms with E-state index in [2.05, 4.69) is 4.98 Å². The van der Waals surface area contributed by atoms with Crippen LogP contribution in [-0.4, -0.2) is 35.8 Å².